The second-order valence-electron chi connectivity index (χ2n) is 4.22. The number of rotatable bonds is 2. The summed E-state index contributed by atoms with van der Waals surface area (Å²) >= 11 is 3.45. The maximum absolute atomic E-state index is 9.68. The first-order valence-electron chi connectivity index (χ1n) is 5.62. The third kappa shape index (κ3) is 2.56. The van der Waals surface area contributed by atoms with Gasteiger partial charge in [0.15, 0.2) is 0 Å². The molecule has 1 aliphatic rings. The number of benzene rings is 1. The van der Waals surface area contributed by atoms with Crippen molar-refractivity contribution in [1.29, 1.82) is 0 Å². The number of hydrogen-bond donors (Lipinski definition) is 2. The van der Waals surface area contributed by atoms with Gasteiger partial charge in [-0.15, -0.1) is 0 Å². The van der Waals surface area contributed by atoms with Gasteiger partial charge in [0.05, 0.1) is 6.10 Å². The number of piperidine rings is 1. The van der Waals surface area contributed by atoms with Crippen molar-refractivity contribution >= 4 is 21.6 Å². The first-order chi connectivity index (χ1) is 7.70. The quantitative estimate of drug-likeness (QED) is 0.872. The van der Waals surface area contributed by atoms with Gasteiger partial charge in [-0.1, -0.05) is 15.9 Å². The van der Waals surface area contributed by atoms with Crippen LogP contribution in [0.5, 0.6) is 0 Å². The lowest BCUT2D eigenvalue weighted by atomic mass is 10.1. The standard InChI is InChI=1S/C12H17BrN2O/c13-10-3-4-12(9(6-10)7-14)15-5-1-2-11(16)8-15/h3-4,6,11,16H,1-2,5,7-8,14H2. The van der Waals surface area contributed by atoms with Crippen LogP contribution in [0.15, 0.2) is 22.7 Å². The van der Waals surface area contributed by atoms with Gasteiger partial charge >= 0.3 is 0 Å². The molecule has 1 atom stereocenters. The van der Waals surface area contributed by atoms with Crippen LogP contribution in [0.25, 0.3) is 0 Å². The number of halogens is 1. The van der Waals surface area contributed by atoms with E-state index < -0.39 is 0 Å². The van der Waals surface area contributed by atoms with E-state index in [1.165, 1.54) is 0 Å². The van der Waals surface area contributed by atoms with Crippen molar-refractivity contribution in [3.8, 4) is 0 Å². The molecule has 1 saturated heterocycles. The number of aliphatic hydroxyl groups excluding tert-OH is 1. The van der Waals surface area contributed by atoms with Gasteiger partial charge in [0.2, 0.25) is 0 Å². The maximum atomic E-state index is 9.68. The van der Waals surface area contributed by atoms with Crippen LogP contribution in [0.1, 0.15) is 18.4 Å². The van der Waals surface area contributed by atoms with E-state index in [1.807, 2.05) is 6.07 Å². The van der Waals surface area contributed by atoms with Crippen LogP contribution in [-0.4, -0.2) is 24.3 Å². The molecule has 88 valence electrons. The molecule has 1 aromatic rings. The van der Waals surface area contributed by atoms with Crippen molar-refractivity contribution in [1.82, 2.24) is 0 Å². The lowest BCUT2D eigenvalue weighted by molar-refractivity contribution is 0.154. The lowest BCUT2D eigenvalue weighted by Crippen LogP contribution is -2.38. The highest BCUT2D eigenvalue weighted by Crippen LogP contribution is 2.26. The average molecular weight is 285 g/mol. The molecule has 0 amide bonds. The first kappa shape index (κ1) is 11.9. The Morgan fingerprint density at radius 1 is 1.50 bits per heavy atom. The summed E-state index contributed by atoms with van der Waals surface area (Å²) in [4.78, 5) is 2.22. The Morgan fingerprint density at radius 3 is 3.00 bits per heavy atom. The van der Waals surface area contributed by atoms with Gasteiger partial charge in [-0.3, -0.25) is 0 Å². The largest absolute Gasteiger partial charge is 0.391 e. The minimum Gasteiger partial charge on any atom is -0.391 e. The molecule has 0 aromatic heterocycles. The molecule has 4 heteroatoms. The Balaban J connectivity index is 2.24. The van der Waals surface area contributed by atoms with E-state index in [4.69, 9.17) is 5.73 Å². The van der Waals surface area contributed by atoms with E-state index in [0.29, 0.717) is 13.1 Å². The molecule has 1 heterocycles. The smallest absolute Gasteiger partial charge is 0.0715 e. The molecule has 1 fully saturated rings. The van der Waals surface area contributed by atoms with Gasteiger partial charge in [-0.05, 0) is 36.6 Å². The zero-order chi connectivity index (χ0) is 11.5. The predicted octanol–water partition coefficient (Wildman–Crippen LogP) is 1.87. The molecule has 3 nitrogen and oxygen atoms in total. The Kier molecular flexibility index (Phi) is 3.84. The summed E-state index contributed by atoms with van der Waals surface area (Å²) in [5.41, 5.74) is 8.04. The minimum atomic E-state index is -0.206. The SMILES string of the molecule is NCc1cc(Br)ccc1N1CCCC(O)C1. The highest BCUT2D eigenvalue weighted by atomic mass is 79.9. The molecule has 0 saturated carbocycles. The minimum absolute atomic E-state index is 0.206. The van der Waals surface area contributed by atoms with Crippen molar-refractivity contribution in [2.75, 3.05) is 18.0 Å². The second kappa shape index (κ2) is 5.17. The van der Waals surface area contributed by atoms with Crippen LogP contribution in [0, 0.1) is 0 Å². The van der Waals surface area contributed by atoms with E-state index in [9.17, 15) is 5.11 Å². The van der Waals surface area contributed by atoms with Crippen molar-refractivity contribution in [2.45, 2.75) is 25.5 Å². The highest BCUT2D eigenvalue weighted by molar-refractivity contribution is 9.10. The summed E-state index contributed by atoms with van der Waals surface area (Å²) in [5.74, 6) is 0. The number of anilines is 1. The highest BCUT2D eigenvalue weighted by Gasteiger charge is 2.19. The van der Waals surface area contributed by atoms with Crippen molar-refractivity contribution < 1.29 is 5.11 Å². The summed E-state index contributed by atoms with van der Waals surface area (Å²) in [6.45, 7) is 2.25. The molecule has 0 aliphatic carbocycles. The fraction of sp³-hybridized carbons (Fsp3) is 0.500. The summed E-state index contributed by atoms with van der Waals surface area (Å²) in [7, 11) is 0. The monoisotopic (exact) mass is 284 g/mol. The summed E-state index contributed by atoms with van der Waals surface area (Å²) in [6.07, 6.45) is 1.75. The number of β-amino-alcohol motifs (C(OH)–C–C–N with tert-alkyl or cyclic N) is 1. The van der Waals surface area contributed by atoms with E-state index in [-0.39, 0.29) is 6.10 Å². The van der Waals surface area contributed by atoms with Gasteiger partial charge in [-0.25, -0.2) is 0 Å². The second-order valence-corrected chi connectivity index (χ2v) is 5.13. The van der Waals surface area contributed by atoms with Crippen LogP contribution in [-0.2, 0) is 6.54 Å². The van der Waals surface area contributed by atoms with Gasteiger partial charge < -0.3 is 15.7 Å². The Hall–Kier alpha value is -0.580. The van der Waals surface area contributed by atoms with Crippen LogP contribution < -0.4 is 10.6 Å². The summed E-state index contributed by atoms with van der Waals surface area (Å²) in [6, 6.07) is 6.15. The number of aliphatic hydroxyl groups is 1. The third-order valence-electron chi connectivity index (χ3n) is 3.00. The molecule has 0 radical (unpaired) electrons. The molecular weight excluding hydrogens is 268 g/mol. The molecule has 1 aromatic carbocycles. The van der Waals surface area contributed by atoms with E-state index >= 15 is 0 Å². The molecule has 2 rings (SSSR count). The summed E-state index contributed by atoms with van der Waals surface area (Å²) < 4.78 is 1.05. The maximum Gasteiger partial charge on any atom is 0.0715 e. The summed E-state index contributed by atoms with van der Waals surface area (Å²) in [5, 5.41) is 9.68. The van der Waals surface area contributed by atoms with E-state index in [2.05, 4.69) is 33.0 Å². The van der Waals surface area contributed by atoms with E-state index in [0.717, 1.165) is 35.1 Å². The van der Waals surface area contributed by atoms with E-state index in [1.54, 1.807) is 0 Å². The van der Waals surface area contributed by atoms with Gasteiger partial charge in [0.1, 0.15) is 0 Å². The van der Waals surface area contributed by atoms with Gasteiger partial charge in [0, 0.05) is 29.8 Å². The van der Waals surface area contributed by atoms with Gasteiger partial charge in [0.25, 0.3) is 0 Å². The number of nitrogens with two attached hydrogens (primary N) is 1. The molecule has 16 heavy (non-hydrogen) atoms. The molecule has 3 N–H and O–H groups in total. The lowest BCUT2D eigenvalue weighted by Gasteiger charge is -2.33. The molecule has 1 aliphatic heterocycles. The first-order valence-corrected chi connectivity index (χ1v) is 6.41. The predicted molar refractivity (Wildman–Crippen MR) is 69.5 cm³/mol. The third-order valence-corrected chi connectivity index (χ3v) is 3.49. The van der Waals surface area contributed by atoms with Crippen LogP contribution in [0.2, 0.25) is 0 Å². The van der Waals surface area contributed by atoms with Crippen molar-refractivity contribution in [2.24, 2.45) is 5.73 Å². The van der Waals surface area contributed by atoms with Crippen LogP contribution >= 0.6 is 15.9 Å². The fourth-order valence-electron chi connectivity index (χ4n) is 2.20. The normalized spacial score (nSPS) is 21.2. The van der Waals surface area contributed by atoms with Crippen LogP contribution in [0.3, 0.4) is 0 Å². The van der Waals surface area contributed by atoms with Crippen LogP contribution in [0.4, 0.5) is 5.69 Å². The van der Waals surface area contributed by atoms with Crippen molar-refractivity contribution in [3.05, 3.63) is 28.2 Å². The molecular formula is C12H17BrN2O. The Morgan fingerprint density at radius 2 is 2.31 bits per heavy atom. The molecule has 1 unspecified atom stereocenters. The fourth-order valence-corrected chi connectivity index (χ4v) is 2.61. The number of nitrogens with zero attached hydrogens (tertiary/aromatic N) is 1. The topological polar surface area (TPSA) is 49.5 Å². The van der Waals surface area contributed by atoms with Gasteiger partial charge in [-0.2, -0.15) is 0 Å². The Labute approximate surface area is 104 Å². The number of hydrogen-bond acceptors (Lipinski definition) is 3. The Bertz CT molecular complexity index is 370. The molecule has 0 bridgehead atoms. The zero-order valence-corrected chi connectivity index (χ0v) is 10.8. The molecule has 0 spiro atoms. The van der Waals surface area contributed by atoms with Crippen molar-refractivity contribution in [3.63, 3.8) is 0 Å². The zero-order valence-electron chi connectivity index (χ0n) is 9.19. The average Bonchev–Trinajstić information content (AvgIpc) is 2.28.